The summed E-state index contributed by atoms with van der Waals surface area (Å²) < 4.78 is 12.3. The number of rotatable bonds is 11. The first kappa shape index (κ1) is 27.4. The lowest BCUT2D eigenvalue weighted by molar-refractivity contribution is 0.202. The molecule has 202 valence electrons. The van der Waals surface area contributed by atoms with E-state index in [0.29, 0.717) is 13.2 Å². The van der Waals surface area contributed by atoms with E-state index in [9.17, 15) is 0 Å². The Balaban J connectivity index is 1.59. The fourth-order valence-corrected chi connectivity index (χ4v) is 7.36. The molecule has 0 fully saturated rings. The van der Waals surface area contributed by atoms with E-state index in [1.54, 1.807) is 0 Å². The molecule has 5 aromatic rings. The highest BCUT2D eigenvalue weighted by molar-refractivity contribution is 6.80. The molecule has 0 amide bonds. The van der Waals surface area contributed by atoms with Gasteiger partial charge in [0.25, 0.3) is 0 Å². The average Bonchev–Trinajstić information content (AvgIpc) is 3.00. The van der Waals surface area contributed by atoms with Gasteiger partial charge in [0.15, 0.2) is 0 Å². The van der Waals surface area contributed by atoms with Crippen molar-refractivity contribution >= 4 is 47.9 Å². The van der Waals surface area contributed by atoms with E-state index >= 15 is 0 Å². The van der Waals surface area contributed by atoms with Gasteiger partial charge >= 0.3 is 8.56 Å². The molecule has 0 unspecified atom stereocenters. The maximum atomic E-state index is 6.15. The molecule has 0 saturated carbocycles. The van der Waals surface area contributed by atoms with Gasteiger partial charge in [-0.15, -0.1) is 0 Å². The summed E-state index contributed by atoms with van der Waals surface area (Å²) in [7, 11) is -2.47. The Hall–Kier alpha value is -4.16. The summed E-state index contributed by atoms with van der Waals surface area (Å²) in [5, 5.41) is 1.13. The monoisotopic (exact) mass is 544 g/mol. The summed E-state index contributed by atoms with van der Waals surface area (Å²) in [5.74, 6) is 0. The standard InChI is InChI=1S/C35H36N2O2Si/c1-4-38-40(3,39-5-2)35-26-24-32(25-27-35)37(31-20-13-8-14-21-31)34-23-15-22-33(28-34)36(29-16-9-6-10-17-29)30-18-11-7-12-19-30/h6-28H,4-5H2,1-3H3. The van der Waals surface area contributed by atoms with Gasteiger partial charge in [0.1, 0.15) is 0 Å². The lowest BCUT2D eigenvalue weighted by Crippen LogP contribution is -2.51. The summed E-state index contributed by atoms with van der Waals surface area (Å²) >= 11 is 0. The quantitative estimate of drug-likeness (QED) is 0.155. The molecule has 0 aliphatic rings. The zero-order valence-corrected chi connectivity index (χ0v) is 24.4. The molecular formula is C35H36N2O2Si. The summed E-state index contributed by atoms with van der Waals surface area (Å²) in [4.78, 5) is 4.58. The van der Waals surface area contributed by atoms with Crippen molar-refractivity contribution in [3.63, 3.8) is 0 Å². The van der Waals surface area contributed by atoms with Crippen molar-refractivity contribution in [2.45, 2.75) is 20.4 Å². The third-order valence-corrected chi connectivity index (χ3v) is 9.94. The summed E-state index contributed by atoms with van der Waals surface area (Å²) in [6, 6.07) is 48.9. The molecule has 5 aromatic carbocycles. The van der Waals surface area contributed by atoms with E-state index < -0.39 is 8.56 Å². The van der Waals surface area contributed by atoms with Crippen LogP contribution in [0.5, 0.6) is 0 Å². The van der Waals surface area contributed by atoms with Crippen molar-refractivity contribution in [2.24, 2.45) is 0 Å². The van der Waals surface area contributed by atoms with Crippen molar-refractivity contribution in [3.05, 3.63) is 140 Å². The van der Waals surface area contributed by atoms with Crippen molar-refractivity contribution in [1.82, 2.24) is 0 Å². The number of anilines is 6. The molecule has 0 radical (unpaired) electrons. The SMILES string of the molecule is CCO[Si](C)(OCC)c1ccc(N(c2ccccc2)c2cccc(N(c3ccccc3)c3ccccc3)c2)cc1. The summed E-state index contributed by atoms with van der Waals surface area (Å²) in [6.07, 6.45) is 0. The minimum Gasteiger partial charge on any atom is -0.391 e. The Morgan fingerprint density at radius 1 is 0.450 bits per heavy atom. The van der Waals surface area contributed by atoms with Gasteiger partial charge in [-0.1, -0.05) is 72.8 Å². The third-order valence-electron chi connectivity index (χ3n) is 6.88. The molecule has 0 aliphatic carbocycles. The van der Waals surface area contributed by atoms with Crippen LogP contribution in [0.25, 0.3) is 0 Å². The van der Waals surface area contributed by atoms with Crippen LogP contribution in [0.4, 0.5) is 34.1 Å². The van der Waals surface area contributed by atoms with E-state index in [4.69, 9.17) is 8.85 Å². The zero-order valence-electron chi connectivity index (χ0n) is 23.4. The minimum absolute atomic E-state index is 0.632. The van der Waals surface area contributed by atoms with Crippen LogP contribution in [-0.4, -0.2) is 21.8 Å². The van der Waals surface area contributed by atoms with Crippen LogP contribution in [0.1, 0.15) is 13.8 Å². The van der Waals surface area contributed by atoms with Gasteiger partial charge in [-0.05, 0) is 92.3 Å². The van der Waals surface area contributed by atoms with Crippen molar-refractivity contribution < 1.29 is 8.85 Å². The van der Waals surface area contributed by atoms with Gasteiger partial charge in [0.05, 0.1) is 0 Å². The largest absolute Gasteiger partial charge is 0.391 e. The van der Waals surface area contributed by atoms with Crippen LogP contribution in [0.3, 0.4) is 0 Å². The second-order valence-electron chi connectivity index (χ2n) is 9.56. The van der Waals surface area contributed by atoms with Gasteiger partial charge in [-0.3, -0.25) is 0 Å². The topological polar surface area (TPSA) is 24.9 Å². The van der Waals surface area contributed by atoms with Crippen LogP contribution >= 0.6 is 0 Å². The highest BCUT2D eigenvalue weighted by Crippen LogP contribution is 2.39. The second kappa shape index (κ2) is 12.8. The number of nitrogens with zero attached hydrogens (tertiary/aromatic N) is 2. The van der Waals surface area contributed by atoms with Crippen molar-refractivity contribution in [1.29, 1.82) is 0 Å². The Labute approximate surface area is 239 Å². The number of hydrogen-bond acceptors (Lipinski definition) is 4. The maximum Gasteiger partial charge on any atom is 0.369 e. The predicted octanol–water partition coefficient (Wildman–Crippen LogP) is 8.98. The molecule has 5 rings (SSSR count). The Kier molecular flexibility index (Phi) is 8.77. The second-order valence-corrected chi connectivity index (χ2v) is 12.6. The number of para-hydroxylation sites is 3. The average molecular weight is 545 g/mol. The molecule has 0 bridgehead atoms. The van der Waals surface area contributed by atoms with Gasteiger partial charge in [-0.2, -0.15) is 0 Å². The molecule has 0 aliphatic heterocycles. The Morgan fingerprint density at radius 2 is 0.800 bits per heavy atom. The molecule has 0 saturated heterocycles. The highest BCUT2D eigenvalue weighted by Gasteiger charge is 2.33. The van der Waals surface area contributed by atoms with E-state index in [1.165, 1.54) is 0 Å². The molecule has 40 heavy (non-hydrogen) atoms. The maximum absolute atomic E-state index is 6.15. The normalized spacial score (nSPS) is 11.3. The highest BCUT2D eigenvalue weighted by atomic mass is 28.4. The molecular weight excluding hydrogens is 508 g/mol. The van der Waals surface area contributed by atoms with E-state index in [1.807, 2.05) is 13.8 Å². The van der Waals surface area contributed by atoms with Crippen LogP contribution in [0.15, 0.2) is 140 Å². The smallest absolute Gasteiger partial charge is 0.369 e. The van der Waals surface area contributed by atoms with Gasteiger partial charge in [0.2, 0.25) is 0 Å². The van der Waals surface area contributed by atoms with Gasteiger partial charge in [0, 0.05) is 47.3 Å². The first-order valence-corrected chi connectivity index (χ1v) is 16.2. The molecule has 0 N–H and O–H groups in total. The van der Waals surface area contributed by atoms with Crippen LogP contribution in [-0.2, 0) is 8.85 Å². The van der Waals surface area contributed by atoms with Gasteiger partial charge < -0.3 is 18.7 Å². The molecule has 5 heteroatoms. The minimum atomic E-state index is -2.47. The van der Waals surface area contributed by atoms with Crippen LogP contribution in [0, 0.1) is 0 Å². The van der Waals surface area contributed by atoms with Gasteiger partial charge in [-0.25, -0.2) is 0 Å². The van der Waals surface area contributed by atoms with E-state index in [2.05, 4.69) is 156 Å². The van der Waals surface area contributed by atoms with Crippen LogP contribution in [0.2, 0.25) is 6.55 Å². The lowest BCUT2D eigenvalue weighted by Gasteiger charge is -2.30. The molecule has 0 heterocycles. The van der Waals surface area contributed by atoms with E-state index in [-0.39, 0.29) is 0 Å². The molecule has 0 aromatic heterocycles. The third kappa shape index (κ3) is 6.02. The lowest BCUT2D eigenvalue weighted by atomic mass is 10.1. The first-order valence-electron chi connectivity index (χ1n) is 13.9. The first-order chi connectivity index (χ1) is 19.6. The number of hydrogen-bond donors (Lipinski definition) is 0. The van der Waals surface area contributed by atoms with Crippen LogP contribution < -0.4 is 15.0 Å². The van der Waals surface area contributed by atoms with E-state index in [0.717, 1.165) is 39.3 Å². The number of benzene rings is 5. The predicted molar refractivity (Wildman–Crippen MR) is 170 cm³/mol. The Bertz CT molecular complexity index is 1430. The molecule has 0 atom stereocenters. The fraction of sp³-hybridized carbons (Fsp3) is 0.143. The summed E-state index contributed by atoms with van der Waals surface area (Å²) in [5.41, 5.74) is 6.54. The van der Waals surface area contributed by atoms with Crippen molar-refractivity contribution in [3.8, 4) is 0 Å². The molecule has 4 nitrogen and oxygen atoms in total. The molecule has 0 spiro atoms. The zero-order chi connectivity index (χ0) is 27.8. The Morgan fingerprint density at radius 3 is 1.18 bits per heavy atom. The fourth-order valence-electron chi connectivity index (χ4n) is 5.07. The summed E-state index contributed by atoms with van der Waals surface area (Å²) in [6.45, 7) is 7.43. The van der Waals surface area contributed by atoms with Crippen molar-refractivity contribution in [2.75, 3.05) is 23.0 Å².